The second-order valence-corrected chi connectivity index (χ2v) is 7.27. The maximum atomic E-state index is 12.9. The van der Waals surface area contributed by atoms with Gasteiger partial charge in [0, 0.05) is 29.4 Å². The van der Waals surface area contributed by atoms with Gasteiger partial charge in [0.2, 0.25) is 0 Å². The molecule has 1 saturated heterocycles. The molecule has 126 valence electrons. The number of hydrogen-bond donors (Lipinski definition) is 0. The molecule has 2 atom stereocenters. The number of hydrogen-bond acceptors (Lipinski definition) is 4. The summed E-state index contributed by atoms with van der Waals surface area (Å²) in [4.78, 5) is 30.3. The first-order valence-electron chi connectivity index (χ1n) is 8.42. The molecule has 0 N–H and O–H groups in total. The normalized spacial score (nSPS) is 20.8. The number of nitrogens with zero attached hydrogens (tertiary/aromatic N) is 2. The van der Waals surface area contributed by atoms with Crippen molar-refractivity contribution in [1.29, 1.82) is 0 Å². The van der Waals surface area contributed by atoms with Crippen molar-refractivity contribution in [3.8, 4) is 10.6 Å². The largest absolute Gasteiger partial charge is 0.332 e. The van der Waals surface area contributed by atoms with Gasteiger partial charge < -0.3 is 9.69 Å². The highest BCUT2D eigenvalue weighted by atomic mass is 32.1. The first kappa shape index (κ1) is 16.8. The number of rotatable bonds is 4. The number of aldehydes is 1. The molecule has 1 aliphatic heterocycles. The summed E-state index contributed by atoms with van der Waals surface area (Å²) in [5, 5.41) is 2.64. The molecule has 1 aliphatic rings. The van der Waals surface area contributed by atoms with Crippen LogP contribution in [0.15, 0.2) is 29.6 Å². The summed E-state index contributed by atoms with van der Waals surface area (Å²) in [5.41, 5.74) is 2.39. The monoisotopic (exact) mass is 342 g/mol. The van der Waals surface area contributed by atoms with Crippen molar-refractivity contribution in [2.45, 2.75) is 51.6 Å². The molecule has 2 aromatic rings. The van der Waals surface area contributed by atoms with E-state index in [0.29, 0.717) is 12.1 Å². The van der Waals surface area contributed by atoms with E-state index < -0.39 is 0 Å². The van der Waals surface area contributed by atoms with Crippen LogP contribution in [0.2, 0.25) is 0 Å². The molecule has 1 amide bonds. The fourth-order valence-corrected chi connectivity index (χ4v) is 4.30. The summed E-state index contributed by atoms with van der Waals surface area (Å²) < 4.78 is 0. The minimum Gasteiger partial charge on any atom is -0.332 e. The number of aromatic nitrogens is 1. The van der Waals surface area contributed by atoms with Crippen LogP contribution in [0, 0.1) is 0 Å². The van der Waals surface area contributed by atoms with Crippen LogP contribution >= 0.6 is 11.3 Å². The molecule has 1 aromatic carbocycles. The summed E-state index contributed by atoms with van der Waals surface area (Å²) >= 11 is 1.46. The lowest BCUT2D eigenvalue weighted by Gasteiger charge is -2.38. The molecule has 0 aliphatic carbocycles. The van der Waals surface area contributed by atoms with E-state index in [-0.39, 0.29) is 18.0 Å². The zero-order chi connectivity index (χ0) is 17.1. The molecular weight excluding hydrogens is 320 g/mol. The topological polar surface area (TPSA) is 50.3 Å². The molecule has 5 heteroatoms. The van der Waals surface area contributed by atoms with Crippen molar-refractivity contribution in [1.82, 2.24) is 9.88 Å². The minimum absolute atomic E-state index is 0.0186. The summed E-state index contributed by atoms with van der Waals surface area (Å²) in [6.45, 7) is 4.22. The molecule has 1 aromatic heterocycles. The fourth-order valence-electron chi connectivity index (χ4n) is 3.45. The third-order valence-electron chi connectivity index (χ3n) is 4.70. The standard InChI is InChI=1S/C19H22N2O2S/c1-13-6-5-7-14(2)21(13)19(23)17-12-24-18(20-17)16-9-4-3-8-15(16)10-11-22/h3-4,8-9,11-14H,5-7,10H2,1-2H3. The van der Waals surface area contributed by atoms with Crippen LogP contribution in [0.3, 0.4) is 0 Å². The predicted molar refractivity (Wildman–Crippen MR) is 96.3 cm³/mol. The Kier molecular flexibility index (Phi) is 5.09. The van der Waals surface area contributed by atoms with Gasteiger partial charge in [-0.15, -0.1) is 11.3 Å². The Hall–Kier alpha value is -2.01. The first-order chi connectivity index (χ1) is 11.6. The SMILES string of the molecule is CC1CCCC(C)N1C(=O)c1csc(-c2ccccc2CC=O)n1. The summed E-state index contributed by atoms with van der Waals surface area (Å²) in [7, 11) is 0. The summed E-state index contributed by atoms with van der Waals surface area (Å²) in [6, 6.07) is 8.25. The van der Waals surface area contributed by atoms with E-state index in [1.165, 1.54) is 17.8 Å². The van der Waals surface area contributed by atoms with Gasteiger partial charge >= 0.3 is 0 Å². The van der Waals surface area contributed by atoms with Crippen LogP contribution in [0.25, 0.3) is 10.6 Å². The molecule has 1 fully saturated rings. The molecule has 2 heterocycles. The van der Waals surface area contributed by atoms with Gasteiger partial charge in [-0.2, -0.15) is 0 Å². The Bertz CT molecular complexity index is 730. The van der Waals surface area contributed by atoms with Gasteiger partial charge in [-0.25, -0.2) is 4.98 Å². The Morgan fingerprint density at radius 1 is 1.29 bits per heavy atom. The zero-order valence-electron chi connectivity index (χ0n) is 14.1. The lowest BCUT2D eigenvalue weighted by Crippen LogP contribution is -2.47. The number of likely N-dealkylation sites (tertiary alicyclic amines) is 1. The molecule has 2 unspecified atom stereocenters. The van der Waals surface area contributed by atoms with Crippen LogP contribution in [0.5, 0.6) is 0 Å². The smallest absolute Gasteiger partial charge is 0.273 e. The fraction of sp³-hybridized carbons (Fsp3) is 0.421. The molecule has 0 radical (unpaired) electrons. The van der Waals surface area contributed by atoms with Gasteiger partial charge in [-0.1, -0.05) is 24.3 Å². The maximum absolute atomic E-state index is 12.9. The highest BCUT2D eigenvalue weighted by molar-refractivity contribution is 7.13. The molecular formula is C19H22N2O2S. The van der Waals surface area contributed by atoms with Crippen molar-refractivity contribution in [3.05, 3.63) is 40.9 Å². The number of carbonyl (C=O) groups is 2. The third-order valence-corrected chi connectivity index (χ3v) is 5.58. The van der Waals surface area contributed by atoms with Gasteiger partial charge in [0.25, 0.3) is 5.91 Å². The van der Waals surface area contributed by atoms with Crippen molar-refractivity contribution < 1.29 is 9.59 Å². The first-order valence-corrected chi connectivity index (χ1v) is 9.30. The van der Waals surface area contributed by atoms with Gasteiger partial charge in [-0.05, 0) is 38.7 Å². The Morgan fingerprint density at radius 2 is 2.00 bits per heavy atom. The molecule has 0 saturated carbocycles. The van der Waals surface area contributed by atoms with Crippen LogP contribution in [-0.2, 0) is 11.2 Å². The van der Waals surface area contributed by atoms with Crippen LogP contribution in [-0.4, -0.2) is 34.2 Å². The highest BCUT2D eigenvalue weighted by Gasteiger charge is 2.30. The zero-order valence-corrected chi connectivity index (χ0v) is 14.9. The second-order valence-electron chi connectivity index (χ2n) is 6.41. The number of carbonyl (C=O) groups excluding carboxylic acids is 2. The van der Waals surface area contributed by atoms with Crippen LogP contribution < -0.4 is 0 Å². The third kappa shape index (κ3) is 3.26. The molecule has 0 bridgehead atoms. The van der Waals surface area contributed by atoms with Gasteiger partial charge in [0.15, 0.2) is 0 Å². The predicted octanol–water partition coefficient (Wildman–Crippen LogP) is 3.95. The van der Waals surface area contributed by atoms with E-state index in [0.717, 1.165) is 35.3 Å². The second kappa shape index (κ2) is 7.26. The van der Waals surface area contributed by atoms with Crippen LogP contribution in [0.4, 0.5) is 0 Å². The van der Waals surface area contributed by atoms with E-state index in [1.54, 1.807) is 0 Å². The molecule has 4 nitrogen and oxygen atoms in total. The average Bonchev–Trinajstić information content (AvgIpc) is 3.05. The lowest BCUT2D eigenvalue weighted by atomic mass is 9.97. The molecule has 3 rings (SSSR count). The number of piperidine rings is 1. The average molecular weight is 342 g/mol. The van der Waals surface area contributed by atoms with E-state index in [1.807, 2.05) is 34.5 Å². The Morgan fingerprint density at radius 3 is 2.71 bits per heavy atom. The summed E-state index contributed by atoms with van der Waals surface area (Å²) in [5.74, 6) is 0.0186. The summed E-state index contributed by atoms with van der Waals surface area (Å²) in [6.07, 6.45) is 4.53. The maximum Gasteiger partial charge on any atom is 0.273 e. The molecule has 24 heavy (non-hydrogen) atoms. The molecule has 0 spiro atoms. The Labute approximate surface area is 146 Å². The quantitative estimate of drug-likeness (QED) is 0.790. The van der Waals surface area contributed by atoms with E-state index in [4.69, 9.17) is 0 Å². The Balaban J connectivity index is 1.88. The van der Waals surface area contributed by atoms with Gasteiger partial charge in [-0.3, -0.25) is 4.79 Å². The number of thiazole rings is 1. The van der Waals surface area contributed by atoms with Gasteiger partial charge in [0.1, 0.15) is 17.0 Å². The minimum atomic E-state index is 0.0186. The van der Waals surface area contributed by atoms with Crippen molar-refractivity contribution >= 4 is 23.5 Å². The number of benzene rings is 1. The number of amides is 1. The van der Waals surface area contributed by atoms with Crippen LogP contribution in [0.1, 0.15) is 49.2 Å². The van der Waals surface area contributed by atoms with Crippen molar-refractivity contribution in [3.63, 3.8) is 0 Å². The van der Waals surface area contributed by atoms with E-state index in [9.17, 15) is 9.59 Å². The van der Waals surface area contributed by atoms with E-state index in [2.05, 4.69) is 18.8 Å². The van der Waals surface area contributed by atoms with Crippen molar-refractivity contribution in [2.75, 3.05) is 0 Å². The van der Waals surface area contributed by atoms with E-state index >= 15 is 0 Å². The van der Waals surface area contributed by atoms with Crippen molar-refractivity contribution in [2.24, 2.45) is 0 Å². The van der Waals surface area contributed by atoms with Gasteiger partial charge in [0.05, 0.1) is 0 Å². The lowest BCUT2D eigenvalue weighted by molar-refractivity contribution is -0.107. The highest BCUT2D eigenvalue weighted by Crippen LogP contribution is 2.29.